The Kier molecular flexibility index (Phi) is 7.22. The van der Waals surface area contributed by atoms with Gasteiger partial charge in [0.2, 0.25) is 0 Å². The monoisotopic (exact) mass is 490 g/mol. The molecule has 9 heteroatoms. The van der Waals surface area contributed by atoms with Crippen LogP contribution in [-0.2, 0) is 17.6 Å². The van der Waals surface area contributed by atoms with Gasteiger partial charge in [0.25, 0.3) is 0 Å². The summed E-state index contributed by atoms with van der Waals surface area (Å²) in [5, 5.41) is 22.7. The Bertz CT molecular complexity index is 1440. The van der Waals surface area contributed by atoms with Crippen molar-refractivity contribution in [2.45, 2.75) is 26.7 Å². The van der Waals surface area contributed by atoms with Crippen LogP contribution in [0.4, 0.5) is 10.2 Å². The highest BCUT2D eigenvalue weighted by molar-refractivity contribution is 7.20. The Labute approximate surface area is 205 Å². The van der Waals surface area contributed by atoms with Crippen molar-refractivity contribution < 1.29 is 19.0 Å². The molecule has 0 saturated heterocycles. The van der Waals surface area contributed by atoms with Crippen LogP contribution in [0.15, 0.2) is 42.7 Å². The number of carbonyl (C=O) groups is 1. The summed E-state index contributed by atoms with van der Waals surface area (Å²) in [5.74, 6) is -0.129. The molecule has 0 unspecified atom stereocenters. The van der Waals surface area contributed by atoms with Gasteiger partial charge in [-0.25, -0.2) is 14.4 Å². The topological polar surface area (TPSA) is 108 Å². The fraction of sp³-hybridized carbons (Fsp3) is 0.231. The molecule has 35 heavy (non-hydrogen) atoms. The van der Waals surface area contributed by atoms with Crippen LogP contribution in [0.1, 0.15) is 28.5 Å². The number of fused-ring (bicyclic) bond motifs is 1. The molecule has 2 N–H and O–H groups in total. The predicted molar refractivity (Wildman–Crippen MR) is 133 cm³/mol. The summed E-state index contributed by atoms with van der Waals surface area (Å²) in [7, 11) is 0. The molecule has 2 heterocycles. The number of benzene rings is 2. The van der Waals surface area contributed by atoms with Crippen molar-refractivity contribution in [2.24, 2.45) is 0 Å². The highest BCUT2D eigenvalue weighted by atomic mass is 32.1. The molecular formula is C26H23FN4O3S. The van der Waals surface area contributed by atoms with E-state index in [9.17, 15) is 14.4 Å². The lowest BCUT2D eigenvalue weighted by atomic mass is 10.0. The standard InChI is InChI=1S/C26H23FN4O3S/c1-3-34-22-9-16(4-5-17(22)10-25(32)33)21-12-24(31-14-30-21)29-7-6-19-20-11-18(27)8-15(2)26(20)35-23(19)13-28/h4-5,8-9,11-12,14H,3,6-7,10H2,1-2H3,(H,32,33)(H,29,30,31). The number of hydrogen-bond acceptors (Lipinski definition) is 7. The lowest BCUT2D eigenvalue weighted by molar-refractivity contribution is -0.136. The molecule has 2 aromatic carbocycles. The zero-order chi connectivity index (χ0) is 24.9. The molecule has 0 fully saturated rings. The van der Waals surface area contributed by atoms with E-state index < -0.39 is 5.97 Å². The molecule has 0 radical (unpaired) electrons. The van der Waals surface area contributed by atoms with Crippen LogP contribution in [0.2, 0.25) is 0 Å². The number of nitriles is 1. The molecule has 2 aromatic heterocycles. The minimum atomic E-state index is -0.928. The molecule has 0 aliphatic rings. The third kappa shape index (κ3) is 5.39. The van der Waals surface area contributed by atoms with Crippen molar-refractivity contribution in [2.75, 3.05) is 18.5 Å². The summed E-state index contributed by atoms with van der Waals surface area (Å²) in [6.07, 6.45) is 1.85. The summed E-state index contributed by atoms with van der Waals surface area (Å²) in [4.78, 5) is 20.3. The lowest BCUT2D eigenvalue weighted by Crippen LogP contribution is -2.07. The first-order valence-electron chi connectivity index (χ1n) is 11.0. The van der Waals surface area contributed by atoms with Gasteiger partial charge in [-0.2, -0.15) is 5.26 Å². The Morgan fingerprint density at radius 2 is 2.09 bits per heavy atom. The largest absolute Gasteiger partial charge is 0.494 e. The van der Waals surface area contributed by atoms with E-state index in [-0.39, 0.29) is 12.2 Å². The highest BCUT2D eigenvalue weighted by Crippen LogP contribution is 2.34. The third-order valence-electron chi connectivity index (χ3n) is 5.50. The van der Waals surface area contributed by atoms with E-state index in [1.807, 2.05) is 13.8 Å². The average Bonchev–Trinajstić information content (AvgIpc) is 3.18. The number of carboxylic acids is 1. The number of nitrogens with zero attached hydrogens (tertiary/aromatic N) is 3. The third-order valence-corrected chi connectivity index (χ3v) is 6.78. The molecule has 0 atom stereocenters. The number of thiophene rings is 1. The average molecular weight is 491 g/mol. The van der Waals surface area contributed by atoms with E-state index >= 15 is 0 Å². The van der Waals surface area contributed by atoms with Crippen molar-refractivity contribution in [1.29, 1.82) is 5.26 Å². The normalized spacial score (nSPS) is 10.8. The number of hydrogen-bond donors (Lipinski definition) is 2. The number of carboxylic acid groups (broad SMARTS) is 1. The predicted octanol–water partition coefficient (Wildman–Crippen LogP) is 5.36. The van der Waals surface area contributed by atoms with E-state index in [1.165, 1.54) is 29.8 Å². The van der Waals surface area contributed by atoms with Crippen molar-refractivity contribution in [3.05, 3.63) is 70.1 Å². The van der Waals surface area contributed by atoms with E-state index in [2.05, 4.69) is 21.4 Å². The van der Waals surface area contributed by atoms with Crippen LogP contribution in [0.3, 0.4) is 0 Å². The summed E-state index contributed by atoms with van der Waals surface area (Å²) in [6.45, 7) is 4.60. The molecule has 0 spiro atoms. The first kappa shape index (κ1) is 24.1. The molecule has 0 aliphatic heterocycles. The van der Waals surface area contributed by atoms with Crippen molar-refractivity contribution in [3.8, 4) is 23.1 Å². The fourth-order valence-electron chi connectivity index (χ4n) is 3.95. The van der Waals surface area contributed by atoms with Gasteiger partial charge in [-0.15, -0.1) is 11.3 Å². The number of rotatable bonds is 9. The van der Waals surface area contributed by atoms with Crippen LogP contribution < -0.4 is 10.1 Å². The van der Waals surface area contributed by atoms with Gasteiger partial charge in [0.15, 0.2) is 0 Å². The number of aliphatic carboxylic acids is 1. The summed E-state index contributed by atoms with van der Waals surface area (Å²) in [5.41, 5.74) is 3.67. The number of aromatic nitrogens is 2. The molecule has 0 saturated carbocycles. The van der Waals surface area contributed by atoms with Crippen LogP contribution in [-0.4, -0.2) is 34.2 Å². The summed E-state index contributed by atoms with van der Waals surface area (Å²) >= 11 is 1.39. The van der Waals surface area contributed by atoms with E-state index in [4.69, 9.17) is 9.84 Å². The molecule has 0 bridgehead atoms. The van der Waals surface area contributed by atoms with Gasteiger partial charge in [-0.3, -0.25) is 4.79 Å². The van der Waals surface area contributed by atoms with E-state index in [1.54, 1.807) is 24.3 Å². The van der Waals surface area contributed by atoms with Gasteiger partial charge in [0.1, 0.15) is 34.7 Å². The van der Waals surface area contributed by atoms with Gasteiger partial charge in [-0.05, 0) is 49.6 Å². The molecule has 4 aromatic rings. The second-order valence-electron chi connectivity index (χ2n) is 7.91. The van der Waals surface area contributed by atoms with Gasteiger partial charge in [0.05, 0.1) is 18.7 Å². The fourth-order valence-corrected chi connectivity index (χ4v) is 5.05. The van der Waals surface area contributed by atoms with E-state index in [0.717, 1.165) is 26.8 Å². The number of halogens is 1. The smallest absolute Gasteiger partial charge is 0.307 e. The summed E-state index contributed by atoms with van der Waals surface area (Å²) in [6, 6.07) is 12.3. The minimum Gasteiger partial charge on any atom is -0.494 e. The van der Waals surface area contributed by atoms with Crippen molar-refractivity contribution in [1.82, 2.24) is 9.97 Å². The molecule has 0 amide bonds. The van der Waals surface area contributed by atoms with Gasteiger partial charge < -0.3 is 15.2 Å². The number of anilines is 1. The Balaban J connectivity index is 1.53. The van der Waals surface area contributed by atoms with Crippen molar-refractivity contribution in [3.63, 3.8) is 0 Å². The molecule has 7 nitrogen and oxygen atoms in total. The number of ether oxygens (including phenoxy) is 1. The minimum absolute atomic E-state index is 0.127. The molecular weight excluding hydrogens is 467 g/mol. The van der Waals surface area contributed by atoms with E-state index in [0.29, 0.717) is 47.3 Å². The highest BCUT2D eigenvalue weighted by Gasteiger charge is 2.15. The zero-order valence-electron chi connectivity index (χ0n) is 19.3. The van der Waals surface area contributed by atoms with Crippen LogP contribution in [0, 0.1) is 24.1 Å². The quantitative estimate of drug-likeness (QED) is 0.325. The lowest BCUT2D eigenvalue weighted by Gasteiger charge is -2.12. The summed E-state index contributed by atoms with van der Waals surface area (Å²) < 4.78 is 20.6. The Morgan fingerprint density at radius 3 is 2.83 bits per heavy atom. The second kappa shape index (κ2) is 10.5. The van der Waals surface area contributed by atoms with Gasteiger partial charge >= 0.3 is 5.97 Å². The number of nitrogens with one attached hydrogen (secondary N) is 1. The maximum Gasteiger partial charge on any atom is 0.307 e. The SMILES string of the molecule is CCOc1cc(-c2cc(NCCc3c(C#N)sc4c(C)cc(F)cc34)ncn2)ccc1CC(=O)O. The van der Waals surface area contributed by atoms with Gasteiger partial charge in [0, 0.05) is 33.8 Å². The van der Waals surface area contributed by atoms with Crippen LogP contribution in [0.5, 0.6) is 5.75 Å². The molecule has 178 valence electrons. The Hall–Kier alpha value is -4.03. The maximum atomic E-state index is 14.0. The maximum absolute atomic E-state index is 14.0. The first-order chi connectivity index (χ1) is 16.9. The second-order valence-corrected chi connectivity index (χ2v) is 8.93. The first-order valence-corrected chi connectivity index (χ1v) is 11.9. The van der Waals surface area contributed by atoms with Crippen molar-refractivity contribution >= 4 is 33.2 Å². The number of aryl methyl sites for hydroxylation is 1. The van der Waals surface area contributed by atoms with Crippen LogP contribution in [0.25, 0.3) is 21.3 Å². The molecule has 0 aliphatic carbocycles. The van der Waals surface area contributed by atoms with Gasteiger partial charge in [-0.1, -0.05) is 12.1 Å². The Morgan fingerprint density at radius 1 is 1.26 bits per heavy atom. The van der Waals surface area contributed by atoms with Crippen LogP contribution >= 0.6 is 11.3 Å². The molecule has 4 rings (SSSR count). The zero-order valence-corrected chi connectivity index (χ0v) is 20.1.